The molecule has 0 fully saturated rings. The SMILES string of the molecule is Cc1cccc2c1C/C(=C/c1cccc(C)c1C(=O)O)C2=O. The third-order valence-electron chi connectivity index (χ3n) is 4.16. The minimum Gasteiger partial charge on any atom is -0.478 e. The lowest BCUT2D eigenvalue weighted by molar-refractivity contribution is 0.0695. The van der Waals surface area contributed by atoms with Crippen molar-refractivity contribution in [3.05, 3.63) is 75.4 Å². The smallest absolute Gasteiger partial charge is 0.336 e. The van der Waals surface area contributed by atoms with Crippen LogP contribution in [0, 0.1) is 13.8 Å². The van der Waals surface area contributed by atoms with Crippen LogP contribution in [0.5, 0.6) is 0 Å². The highest BCUT2D eigenvalue weighted by Crippen LogP contribution is 2.30. The number of carboxylic acid groups (broad SMARTS) is 1. The average molecular weight is 292 g/mol. The van der Waals surface area contributed by atoms with Crippen molar-refractivity contribution < 1.29 is 14.7 Å². The lowest BCUT2D eigenvalue weighted by Crippen LogP contribution is -2.04. The van der Waals surface area contributed by atoms with E-state index in [1.54, 1.807) is 25.1 Å². The summed E-state index contributed by atoms with van der Waals surface area (Å²) in [5.74, 6) is -0.972. The van der Waals surface area contributed by atoms with Gasteiger partial charge < -0.3 is 5.11 Å². The highest BCUT2D eigenvalue weighted by molar-refractivity contribution is 6.16. The van der Waals surface area contributed by atoms with E-state index in [-0.39, 0.29) is 11.3 Å². The number of carbonyl (C=O) groups is 2. The number of Topliss-reactive ketones (excluding diaryl/α,β-unsaturated/α-hetero) is 1. The summed E-state index contributed by atoms with van der Waals surface area (Å²) in [5.41, 5.74) is 5.06. The number of carbonyl (C=O) groups excluding carboxylic acids is 1. The summed E-state index contributed by atoms with van der Waals surface area (Å²) in [5, 5.41) is 9.39. The van der Waals surface area contributed by atoms with Crippen LogP contribution in [-0.4, -0.2) is 16.9 Å². The van der Waals surface area contributed by atoms with Crippen molar-refractivity contribution in [3.63, 3.8) is 0 Å². The zero-order valence-electron chi connectivity index (χ0n) is 12.5. The molecule has 0 atom stereocenters. The molecule has 0 aliphatic heterocycles. The van der Waals surface area contributed by atoms with Crippen LogP contribution in [0.3, 0.4) is 0 Å². The molecule has 1 aliphatic carbocycles. The summed E-state index contributed by atoms with van der Waals surface area (Å²) in [7, 11) is 0. The van der Waals surface area contributed by atoms with Crippen molar-refractivity contribution in [2.45, 2.75) is 20.3 Å². The standard InChI is InChI=1S/C19H16O3/c1-11-5-4-8-15-16(11)10-14(18(15)20)9-13-7-3-6-12(2)17(13)19(21)22/h3-9H,10H2,1-2H3,(H,21,22)/b14-9-. The topological polar surface area (TPSA) is 54.4 Å². The molecular weight excluding hydrogens is 276 g/mol. The number of aromatic carboxylic acids is 1. The average Bonchev–Trinajstić information content (AvgIpc) is 2.77. The molecule has 0 bridgehead atoms. The van der Waals surface area contributed by atoms with Gasteiger partial charge in [-0.2, -0.15) is 0 Å². The van der Waals surface area contributed by atoms with Crippen LogP contribution in [0.2, 0.25) is 0 Å². The molecule has 0 heterocycles. The van der Waals surface area contributed by atoms with E-state index < -0.39 is 5.97 Å². The van der Waals surface area contributed by atoms with Crippen LogP contribution in [0.4, 0.5) is 0 Å². The van der Waals surface area contributed by atoms with Crippen LogP contribution in [0.1, 0.15) is 43.0 Å². The van der Waals surface area contributed by atoms with Gasteiger partial charge in [-0.25, -0.2) is 4.79 Å². The first kappa shape index (κ1) is 14.3. The van der Waals surface area contributed by atoms with Gasteiger partial charge in [0, 0.05) is 17.6 Å². The van der Waals surface area contributed by atoms with Crippen molar-refractivity contribution in [1.82, 2.24) is 0 Å². The minimum absolute atomic E-state index is 0.00320. The summed E-state index contributed by atoms with van der Waals surface area (Å²) in [6.45, 7) is 3.76. The number of benzene rings is 2. The van der Waals surface area contributed by atoms with Crippen LogP contribution in [0.25, 0.3) is 6.08 Å². The number of hydrogen-bond donors (Lipinski definition) is 1. The van der Waals surface area contributed by atoms with E-state index in [0.717, 1.165) is 16.7 Å². The zero-order chi connectivity index (χ0) is 15.9. The molecular formula is C19H16O3. The predicted octanol–water partition coefficient (Wildman–Crippen LogP) is 3.82. The molecule has 0 spiro atoms. The van der Waals surface area contributed by atoms with Crippen LogP contribution in [-0.2, 0) is 6.42 Å². The van der Waals surface area contributed by atoms with Crippen LogP contribution >= 0.6 is 0 Å². The molecule has 1 N–H and O–H groups in total. The normalized spacial score (nSPS) is 15.2. The fraction of sp³-hybridized carbons (Fsp3) is 0.158. The third kappa shape index (κ3) is 2.25. The number of aryl methyl sites for hydroxylation is 2. The number of fused-ring (bicyclic) bond motifs is 1. The van der Waals surface area contributed by atoms with Crippen LogP contribution in [0.15, 0.2) is 42.0 Å². The Kier molecular flexibility index (Phi) is 3.41. The summed E-state index contributed by atoms with van der Waals surface area (Å²) >= 11 is 0. The third-order valence-corrected chi connectivity index (χ3v) is 4.16. The van der Waals surface area contributed by atoms with Gasteiger partial charge in [0.1, 0.15) is 0 Å². The summed E-state index contributed by atoms with van der Waals surface area (Å²) < 4.78 is 0. The highest BCUT2D eigenvalue weighted by atomic mass is 16.4. The molecule has 2 aromatic carbocycles. The Balaban J connectivity index is 2.10. The van der Waals surface area contributed by atoms with Gasteiger partial charge in [-0.3, -0.25) is 4.79 Å². The van der Waals surface area contributed by atoms with E-state index in [9.17, 15) is 14.7 Å². The van der Waals surface area contributed by atoms with Gasteiger partial charge in [0.15, 0.2) is 5.78 Å². The van der Waals surface area contributed by atoms with Gasteiger partial charge in [0.25, 0.3) is 0 Å². The van der Waals surface area contributed by atoms with Gasteiger partial charge in [-0.1, -0.05) is 36.4 Å². The summed E-state index contributed by atoms with van der Waals surface area (Å²) in [6, 6.07) is 11.0. The molecule has 0 amide bonds. The van der Waals surface area contributed by atoms with Gasteiger partial charge in [-0.15, -0.1) is 0 Å². The Morgan fingerprint density at radius 1 is 1.09 bits per heavy atom. The van der Waals surface area contributed by atoms with E-state index in [4.69, 9.17) is 0 Å². The van der Waals surface area contributed by atoms with Crippen molar-refractivity contribution >= 4 is 17.8 Å². The molecule has 3 nitrogen and oxygen atoms in total. The number of hydrogen-bond acceptors (Lipinski definition) is 2. The first-order valence-corrected chi connectivity index (χ1v) is 7.15. The lowest BCUT2D eigenvalue weighted by Gasteiger charge is -2.06. The molecule has 0 saturated carbocycles. The molecule has 0 saturated heterocycles. The van der Waals surface area contributed by atoms with Crippen LogP contribution < -0.4 is 0 Å². The van der Waals surface area contributed by atoms with Gasteiger partial charge in [0.05, 0.1) is 5.56 Å². The van der Waals surface area contributed by atoms with E-state index in [2.05, 4.69) is 0 Å². The predicted molar refractivity (Wildman–Crippen MR) is 85.3 cm³/mol. The van der Waals surface area contributed by atoms with E-state index >= 15 is 0 Å². The van der Waals surface area contributed by atoms with Gasteiger partial charge in [-0.05, 0) is 42.2 Å². The second-order valence-corrected chi connectivity index (χ2v) is 5.62. The largest absolute Gasteiger partial charge is 0.478 e. The maximum absolute atomic E-state index is 12.5. The Morgan fingerprint density at radius 3 is 2.45 bits per heavy atom. The van der Waals surface area contributed by atoms with E-state index in [0.29, 0.717) is 23.1 Å². The zero-order valence-corrected chi connectivity index (χ0v) is 12.5. The van der Waals surface area contributed by atoms with Gasteiger partial charge >= 0.3 is 5.97 Å². The fourth-order valence-corrected chi connectivity index (χ4v) is 3.00. The van der Waals surface area contributed by atoms with Crippen molar-refractivity contribution in [3.8, 4) is 0 Å². The minimum atomic E-state index is -0.968. The Morgan fingerprint density at radius 2 is 1.77 bits per heavy atom. The fourth-order valence-electron chi connectivity index (χ4n) is 3.00. The molecule has 3 heteroatoms. The number of rotatable bonds is 2. The quantitative estimate of drug-likeness (QED) is 0.856. The molecule has 0 aromatic heterocycles. The monoisotopic (exact) mass is 292 g/mol. The first-order chi connectivity index (χ1) is 10.5. The molecule has 0 radical (unpaired) electrons. The molecule has 1 aliphatic rings. The second-order valence-electron chi connectivity index (χ2n) is 5.62. The summed E-state index contributed by atoms with van der Waals surface area (Å²) in [6.07, 6.45) is 2.28. The maximum atomic E-state index is 12.5. The molecule has 3 rings (SSSR count). The van der Waals surface area contributed by atoms with E-state index in [1.807, 2.05) is 31.2 Å². The van der Waals surface area contributed by atoms with Crippen molar-refractivity contribution in [2.75, 3.05) is 0 Å². The Labute approximate surface area is 128 Å². The molecule has 0 unspecified atom stereocenters. The van der Waals surface area contributed by atoms with Crippen molar-refractivity contribution in [1.29, 1.82) is 0 Å². The molecule has 2 aromatic rings. The maximum Gasteiger partial charge on any atom is 0.336 e. The molecule has 22 heavy (non-hydrogen) atoms. The second kappa shape index (κ2) is 5.26. The number of carboxylic acids is 1. The highest BCUT2D eigenvalue weighted by Gasteiger charge is 2.26. The van der Waals surface area contributed by atoms with E-state index in [1.165, 1.54) is 0 Å². The Hall–Kier alpha value is -2.68. The lowest BCUT2D eigenvalue weighted by atomic mass is 9.99. The number of ketones is 1. The summed E-state index contributed by atoms with van der Waals surface area (Å²) in [4.78, 5) is 24.0. The van der Waals surface area contributed by atoms with Crippen molar-refractivity contribution in [2.24, 2.45) is 0 Å². The first-order valence-electron chi connectivity index (χ1n) is 7.15. The number of allylic oxidation sites excluding steroid dienone is 1. The Bertz CT molecular complexity index is 829. The van der Waals surface area contributed by atoms with Gasteiger partial charge in [0.2, 0.25) is 0 Å². The molecule has 110 valence electrons.